The fourth-order valence-electron chi connectivity index (χ4n) is 4.76. The molecule has 6 rings (SSSR count). The molecular weight excluding hydrogens is 448 g/mol. The van der Waals surface area contributed by atoms with Crippen molar-refractivity contribution in [2.45, 2.75) is 18.9 Å². The Bertz CT molecular complexity index is 1320. The highest BCUT2D eigenvalue weighted by molar-refractivity contribution is 6.17. The van der Waals surface area contributed by atoms with Crippen molar-refractivity contribution in [1.82, 2.24) is 0 Å². The smallest absolute Gasteiger partial charge is 0.255 e. The first-order chi connectivity index (χ1) is 17.0. The van der Waals surface area contributed by atoms with Gasteiger partial charge in [-0.2, -0.15) is 0 Å². The second kappa shape index (κ2) is 8.23. The van der Waals surface area contributed by atoms with Gasteiger partial charge in [0.15, 0.2) is 28.5 Å². The molecule has 0 aromatic heterocycles. The largest absolute Gasteiger partial charge is 0.486 e. The van der Waals surface area contributed by atoms with Crippen molar-refractivity contribution < 1.29 is 28.5 Å². The van der Waals surface area contributed by atoms with Gasteiger partial charge >= 0.3 is 0 Å². The minimum atomic E-state index is -1.22. The molecule has 3 aliphatic heterocycles. The van der Waals surface area contributed by atoms with Crippen LogP contribution in [0.4, 0.5) is 11.4 Å². The van der Waals surface area contributed by atoms with E-state index in [1.807, 2.05) is 31.2 Å². The SMILES string of the molecule is Cc1ccc(C2(C(=O)Nc3ccc4c(c3)OCCO4)CC(=O)N2c2ccc3c(c2)OCCO3)cc1. The van der Waals surface area contributed by atoms with E-state index in [-0.39, 0.29) is 18.2 Å². The first kappa shape index (κ1) is 21.3. The minimum Gasteiger partial charge on any atom is -0.486 e. The molecule has 35 heavy (non-hydrogen) atoms. The molecular formula is C27H24N2O6. The van der Waals surface area contributed by atoms with E-state index >= 15 is 0 Å². The van der Waals surface area contributed by atoms with E-state index < -0.39 is 5.54 Å². The summed E-state index contributed by atoms with van der Waals surface area (Å²) in [5.74, 6) is 1.92. The predicted octanol–water partition coefficient (Wildman–Crippen LogP) is 3.81. The Kier molecular flexibility index (Phi) is 5.02. The van der Waals surface area contributed by atoms with Gasteiger partial charge in [-0.3, -0.25) is 14.5 Å². The number of aryl methyl sites for hydroxylation is 1. The quantitative estimate of drug-likeness (QED) is 0.582. The Morgan fingerprint density at radius 2 is 1.40 bits per heavy atom. The lowest BCUT2D eigenvalue weighted by atomic mass is 9.75. The van der Waals surface area contributed by atoms with E-state index in [2.05, 4.69) is 5.32 Å². The van der Waals surface area contributed by atoms with Crippen LogP contribution >= 0.6 is 0 Å². The molecule has 8 heteroatoms. The number of hydrogen-bond acceptors (Lipinski definition) is 6. The molecule has 0 saturated carbocycles. The maximum atomic E-state index is 14.0. The molecule has 3 aliphatic rings. The van der Waals surface area contributed by atoms with Crippen LogP contribution in [-0.4, -0.2) is 38.2 Å². The van der Waals surface area contributed by atoms with E-state index in [9.17, 15) is 9.59 Å². The fourth-order valence-corrected chi connectivity index (χ4v) is 4.76. The lowest BCUT2D eigenvalue weighted by Crippen LogP contribution is -2.67. The van der Waals surface area contributed by atoms with Crippen LogP contribution in [0.5, 0.6) is 23.0 Å². The van der Waals surface area contributed by atoms with Crippen molar-refractivity contribution in [2.75, 3.05) is 36.6 Å². The maximum Gasteiger partial charge on any atom is 0.255 e. The fraction of sp³-hybridized carbons (Fsp3) is 0.259. The number of anilines is 2. The Balaban J connectivity index is 1.40. The van der Waals surface area contributed by atoms with Crippen molar-refractivity contribution in [1.29, 1.82) is 0 Å². The summed E-state index contributed by atoms with van der Waals surface area (Å²) in [7, 11) is 0. The van der Waals surface area contributed by atoms with Crippen LogP contribution in [0.15, 0.2) is 60.7 Å². The van der Waals surface area contributed by atoms with Crippen molar-refractivity contribution in [3.63, 3.8) is 0 Å². The number of carbonyl (C=O) groups is 2. The van der Waals surface area contributed by atoms with Crippen LogP contribution in [0.2, 0.25) is 0 Å². The lowest BCUT2D eigenvalue weighted by molar-refractivity contribution is -0.137. The molecule has 1 unspecified atom stereocenters. The van der Waals surface area contributed by atoms with Crippen LogP contribution in [0, 0.1) is 6.92 Å². The molecule has 178 valence electrons. The number of ether oxygens (including phenoxy) is 4. The second-order valence-corrected chi connectivity index (χ2v) is 8.77. The van der Waals surface area contributed by atoms with Crippen molar-refractivity contribution in [3.05, 3.63) is 71.8 Å². The standard InChI is InChI=1S/C27H24N2O6/c1-17-2-4-18(5-3-17)27(26(31)28-19-6-8-21-23(14-19)34-12-10-32-21)16-25(30)29(27)20-7-9-22-24(15-20)35-13-11-33-22/h2-9,14-15H,10-13,16H2,1H3,(H,28,31). The number of fused-ring (bicyclic) bond motifs is 2. The number of nitrogens with zero attached hydrogens (tertiary/aromatic N) is 1. The van der Waals surface area contributed by atoms with Gasteiger partial charge < -0.3 is 24.3 Å². The third-order valence-corrected chi connectivity index (χ3v) is 6.53. The average Bonchev–Trinajstić information content (AvgIpc) is 2.87. The summed E-state index contributed by atoms with van der Waals surface area (Å²) in [6.45, 7) is 3.82. The van der Waals surface area contributed by atoms with Crippen LogP contribution in [-0.2, 0) is 15.1 Å². The highest BCUT2D eigenvalue weighted by Gasteiger charge is 2.58. The maximum absolute atomic E-state index is 14.0. The van der Waals surface area contributed by atoms with E-state index in [1.165, 1.54) is 0 Å². The summed E-state index contributed by atoms with van der Waals surface area (Å²) in [5.41, 5.74) is 1.71. The zero-order valence-electron chi connectivity index (χ0n) is 19.2. The zero-order valence-corrected chi connectivity index (χ0v) is 19.2. The minimum absolute atomic E-state index is 0.0425. The normalized spacial score (nSPS) is 20.1. The van der Waals surface area contributed by atoms with Gasteiger partial charge in [0.05, 0.1) is 6.42 Å². The summed E-state index contributed by atoms with van der Waals surface area (Å²) in [5, 5.41) is 3.01. The van der Waals surface area contributed by atoms with E-state index in [0.29, 0.717) is 60.8 Å². The molecule has 0 radical (unpaired) electrons. The van der Waals surface area contributed by atoms with Gasteiger partial charge in [-0.25, -0.2) is 0 Å². The Morgan fingerprint density at radius 1 is 0.800 bits per heavy atom. The number of β-lactam (4-membered cyclic amide) rings is 1. The van der Waals surface area contributed by atoms with E-state index in [0.717, 1.165) is 11.1 Å². The number of nitrogens with one attached hydrogen (secondary N) is 1. The van der Waals surface area contributed by atoms with E-state index in [1.54, 1.807) is 41.3 Å². The topological polar surface area (TPSA) is 86.3 Å². The van der Waals surface area contributed by atoms with Crippen molar-refractivity contribution in [2.24, 2.45) is 0 Å². The van der Waals surface area contributed by atoms with Crippen LogP contribution in [0.1, 0.15) is 17.5 Å². The lowest BCUT2D eigenvalue weighted by Gasteiger charge is -2.50. The molecule has 0 bridgehead atoms. The summed E-state index contributed by atoms with van der Waals surface area (Å²) >= 11 is 0. The van der Waals surface area contributed by atoms with Crippen LogP contribution in [0.3, 0.4) is 0 Å². The first-order valence-electron chi connectivity index (χ1n) is 11.6. The summed E-state index contributed by atoms with van der Waals surface area (Å²) in [4.78, 5) is 28.5. The first-order valence-corrected chi connectivity index (χ1v) is 11.6. The zero-order chi connectivity index (χ0) is 24.0. The van der Waals surface area contributed by atoms with Gasteiger partial charge in [0, 0.05) is 23.5 Å². The molecule has 0 aliphatic carbocycles. The molecule has 1 fully saturated rings. The van der Waals surface area contributed by atoms with Gasteiger partial charge in [-0.05, 0) is 36.8 Å². The number of benzene rings is 3. The molecule has 3 aromatic carbocycles. The number of amides is 2. The summed E-state index contributed by atoms with van der Waals surface area (Å²) in [6.07, 6.45) is 0.0425. The Hall–Kier alpha value is -4.20. The van der Waals surface area contributed by atoms with Gasteiger partial charge in [-0.15, -0.1) is 0 Å². The number of rotatable bonds is 4. The van der Waals surface area contributed by atoms with Crippen molar-refractivity contribution >= 4 is 23.2 Å². The highest BCUT2D eigenvalue weighted by Crippen LogP contribution is 2.48. The molecule has 1 saturated heterocycles. The molecule has 3 aromatic rings. The Labute approximate surface area is 202 Å². The molecule has 1 N–H and O–H groups in total. The van der Waals surface area contributed by atoms with E-state index in [4.69, 9.17) is 18.9 Å². The van der Waals surface area contributed by atoms with Gasteiger partial charge in [-0.1, -0.05) is 29.8 Å². The van der Waals surface area contributed by atoms with Gasteiger partial charge in [0.25, 0.3) is 5.91 Å². The van der Waals surface area contributed by atoms with Gasteiger partial charge in [0.2, 0.25) is 5.91 Å². The second-order valence-electron chi connectivity index (χ2n) is 8.77. The number of carbonyl (C=O) groups excluding carboxylic acids is 2. The highest BCUT2D eigenvalue weighted by atomic mass is 16.6. The Morgan fingerprint density at radius 3 is 2.06 bits per heavy atom. The van der Waals surface area contributed by atoms with Crippen LogP contribution in [0.25, 0.3) is 0 Å². The summed E-state index contributed by atoms with van der Waals surface area (Å²) in [6, 6.07) is 18.3. The molecule has 0 spiro atoms. The molecule has 8 nitrogen and oxygen atoms in total. The van der Waals surface area contributed by atoms with Gasteiger partial charge in [0.1, 0.15) is 26.4 Å². The predicted molar refractivity (Wildman–Crippen MR) is 128 cm³/mol. The monoisotopic (exact) mass is 472 g/mol. The average molecular weight is 472 g/mol. The third-order valence-electron chi connectivity index (χ3n) is 6.53. The number of hydrogen-bond donors (Lipinski definition) is 1. The van der Waals surface area contributed by atoms with Crippen molar-refractivity contribution in [3.8, 4) is 23.0 Å². The molecule has 2 amide bonds. The molecule has 3 heterocycles. The van der Waals surface area contributed by atoms with Crippen LogP contribution < -0.4 is 29.2 Å². The molecule has 1 atom stereocenters. The third kappa shape index (κ3) is 3.53. The summed E-state index contributed by atoms with van der Waals surface area (Å²) < 4.78 is 22.6.